The van der Waals surface area contributed by atoms with E-state index in [2.05, 4.69) is 4.90 Å². The first-order valence-electron chi connectivity index (χ1n) is 8.71. The van der Waals surface area contributed by atoms with Crippen molar-refractivity contribution in [1.29, 1.82) is 0 Å². The summed E-state index contributed by atoms with van der Waals surface area (Å²) in [5.74, 6) is 0.772. The zero-order valence-corrected chi connectivity index (χ0v) is 16.2. The van der Waals surface area contributed by atoms with Crippen LogP contribution in [0.5, 0.6) is 5.75 Å². The van der Waals surface area contributed by atoms with Gasteiger partial charge in [0.2, 0.25) is 0 Å². The fraction of sp³-hybridized carbons (Fsp3) is 0.389. The first kappa shape index (κ1) is 20.3. The SMILES string of the molecule is CC.COc1ccc(N2CCN(C(=O)c3cc(B(O)O)cs3)CC2)cc1. The fourth-order valence-corrected chi connectivity index (χ4v) is 3.60. The molecule has 0 radical (unpaired) electrons. The van der Waals surface area contributed by atoms with Crippen molar-refractivity contribution in [3.63, 3.8) is 0 Å². The third-order valence-electron chi connectivity index (χ3n) is 4.13. The number of ether oxygens (including phenoxy) is 1. The number of anilines is 1. The molecule has 3 rings (SSSR count). The number of carbonyl (C=O) groups is 1. The van der Waals surface area contributed by atoms with Crippen molar-refractivity contribution in [3.8, 4) is 5.75 Å². The van der Waals surface area contributed by atoms with Gasteiger partial charge in [0.15, 0.2) is 0 Å². The summed E-state index contributed by atoms with van der Waals surface area (Å²) in [6.45, 7) is 6.80. The molecular formula is C18H25BN2O4S. The molecule has 2 N–H and O–H groups in total. The predicted molar refractivity (Wildman–Crippen MR) is 107 cm³/mol. The number of nitrogens with zero attached hydrogens (tertiary/aromatic N) is 2. The van der Waals surface area contributed by atoms with Gasteiger partial charge >= 0.3 is 7.12 Å². The van der Waals surface area contributed by atoms with E-state index in [1.54, 1.807) is 23.5 Å². The second kappa shape index (κ2) is 9.61. The van der Waals surface area contributed by atoms with Crippen LogP contribution in [0.3, 0.4) is 0 Å². The van der Waals surface area contributed by atoms with Crippen molar-refractivity contribution in [2.24, 2.45) is 0 Å². The van der Waals surface area contributed by atoms with Gasteiger partial charge in [-0.1, -0.05) is 13.8 Å². The van der Waals surface area contributed by atoms with Crippen LogP contribution in [0.2, 0.25) is 0 Å². The molecule has 8 heteroatoms. The Hall–Kier alpha value is -2.03. The zero-order chi connectivity index (χ0) is 19.1. The number of hydrogen-bond donors (Lipinski definition) is 2. The van der Waals surface area contributed by atoms with Crippen LogP contribution in [-0.2, 0) is 0 Å². The van der Waals surface area contributed by atoms with Gasteiger partial charge in [0.25, 0.3) is 5.91 Å². The highest BCUT2D eigenvalue weighted by Crippen LogP contribution is 2.21. The Morgan fingerprint density at radius 2 is 1.73 bits per heavy atom. The number of carbonyl (C=O) groups excluding carboxylic acids is 1. The molecule has 1 saturated heterocycles. The van der Waals surface area contributed by atoms with Gasteiger partial charge in [0, 0.05) is 31.9 Å². The predicted octanol–water partition coefficient (Wildman–Crippen LogP) is 1.43. The summed E-state index contributed by atoms with van der Waals surface area (Å²) in [7, 11) is 0.111. The van der Waals surface area contributed by atoms with E-state index >= 15 is 0 Å². The molecule has 1 aromatic carbocycles. The molecule has 1 fully saturated rings. The van der Waals surface area contributed by atoms with Gasteiger partial charge in [0.1, 0.15) is 5.75 Å². The summed E-state index contributed by atoms with van der Waals surface area (Å²) in [6.07, 6.45) is 0. The van der Waals surface area contributed by atoms with Gasteiger partial charge in [-0.3, -0.25) is 4.79 Å². The third kappa shape index (κ3) is 4.78. The van der Waals surface area contributed by atoms with Gasteiger partial charge in [0.05, 0.1) is 12.0 Å². The Labute approximate surface area is 158 Å². The molecule has 0 atom stereocenters. The summed E-state index contributed by atoms with van der Waals surface area (Å²) in [5.41, 5.74) is 1.48. The van der Waals surface area contributed by atoms with Crippen LogP contribution in [0.25, 0.3) is 0 Å². The first-order chi connectivity index (χ1) is 12.6. The fourth-order valence-electron chi connectivity index (χ4n) is 2.72. The molecule has 1 aliphatic rings. The van der Waals surface area contributed by atoms with Crippen molar-refractivity contribution in [1.82, 2.24) is 4.90 Å². The van der Waals surface area contributed by atoms with Crippen molar-refractivity contribution >= 4 is 35.5 Å². The average molecular weight is 376 g/mol. The molecule has 2 heterocycles. The van der Waals surface area contributed by atoms with Crippen molar-refractivity contribution < 1.29 is 19.6 Å². The van der Waals surface area contributed by atoms with Gasteiger partial charge in [-0.25, -0.2) is 0 Å². The summed E-state index contributed by atoms with van der Waals surface area (Å²) < 4.78 is 5.17. The lowest BCUT2D eigenvalue weighted by atomic mass is 9.82. The van der Waals surface area contributed by atoms with E-state index < -0.39 is 7.12 Å². The van der Waals surface area contributed by atoms with Gasteiger partial charge < -0.3 is 24.6 Å². The lowest BCUT2D eigenvalue weighted by Crippen LogP contribution is -2.48. The number of piperazine rings is 1. The minimum atomic E-state index is -1.53. The molecule has 0 aliphatic carbocycles. The Kier molecular flexibility index (Phi) is 7.50. The van der Waals surface area contributed by atoms with Crippen LogP contribution < -0.4 is 15.1 Å². The highest BCUT2D eigenvalue weighted by atomic mass is 32.1. The Balaban J connectivity index is 0.00000117. The quantitative estimate of drug-likeness (QED) is 0.790. The van der Waals surface area contributed by atoms with E-state index in [1.807, 2.05) is 38.1 Å². The molecule has 1 amide bonds. The lowest BCUT2D eigenvalue weighted by molar-refractivity contribution is 0.0751. The minimum absolute atomic E-state index is 0.0544. The van der Waals surface area contributed by atoms with Crippen molar-refractivity contribution in [2.75, 3.05) is 38.2 Å². The molecule has 6 nitrogen and oxygen atoms in total. The number of methoxy groups -OCH3 is 1. The number of hydrogen-bond acceptors (Lipinski definition) is 6. The molecule has 0 saturated carbocycles. The van der Waals surface area contributed by atoms with Crippen LogP contribution in [-0.4, -0.2) is 61.3 Å². The molecule has 140 valence electrons. The Bertz CT molecular complexity index is 697. The second-order valence-electron chi connectivity index (χ2n) is 5.60. The van der Waals surface area contributed by atoms with Crippen LogP contribution >= 0.6 is 11.3 Å². The minimum Gasteiger partial charge on any atom is -0.497 e. The maximum Gasteiger partial charge on any atom is 0.489 e. The van der Waals surface area contributed by atoms with E-state index in [-0.39, 0.29) is 5.91 Å². The smallest absolute Gasteiger partial charge is 0.489 e. The standard InChI is InChI=1S/C16H19BN2O4S.C2H6/c1-23-14-4-2-13(3-5-14)18-6-8-19(9-7-18)16(20)15-10-12(11-24-15)17(21)22;1-2/h2-5,10-11,21-22H,6-9H2,1H3;1-2H3. The summed E-state index contributed by atoms with van der Waals surface area (Å²) in [5, 5.41) is 19.9. The van der Waals surface area contributed by atoms with Gasteiger partial charge in [-0.15, -0.1) is 11.3 Å². The maximum absolute atomic E-state index is 12.5. The molecule has 1 aliphatic heterocycles. The molecule has 0 spiro atoms. The summed E-state index contributed by atoms with van der Waals surface area (Å²) in [4.78, 5) is 17.1. The lowest BCUT2D eigenvalue weighted by Gasteiger charge is -2.36. The van der Waals surface area contributed by atoms with Gasteiger partial charge in [-0.2, -0.15) is 0 Å². The molecule has 1 aromatic heterocycles. The normalized spacial score (nSPS) is 13.7. The van der Waals surface area contributed by atoms with E-state index in [4.69, 9.17) is 14.8 Å². The van der Waals surface area contributed by atoms with Crippen LogP contribution in [0.15, 0.2) is 35.7 Å². The van der Waals surface area contributed by atoms with Gasteiger partial charge in [-0.05, 0) is 41.2 Å². The second-order valence-corrected chi connectivity index (χ2v) is 6.51. The molecule has 0 unspecified atom stereocenters. The molecule has 2 aromatic rings. The monoisotopic (exact) mass is 376 g/mol. The van der Waals surface area contributed by atoms with E-state index in [9.17, 15) is 4.79 Å². The van der Waals surface area contributed by atoms with Crippen LogP contribution in [0.1, 0.15) is 23.5 Å². The van der Waals surface area contributed by atoms with Crippen molar-refractivity contribution in [3.05, 3.63) is 40.6 Å². The number of amides is 1. The van der Waals surface area contributed by atoms with Crippen molar-refractivity contribution in [2.45, 2.75) is 13.8 Å². The number of benzene rings is 1. The van der Waals surface area contributed by atoms with E-state index in [1.165, 1.54) is 11.3 Å². The molecule has 26 heavy (non-hydrogen) atoms. The van der Waals surface area contributed by atoms with Crippen LogP contribution in [0.4, 0.5) is 5.69 Å². The highest BCUT2D eigenvalue weighted by Gasteiger charge is 2.24. The highest BCUT2D eigenvalue weighted by molar-refractivity contribution is 7.13. The largest absolute Gasteiger partial charge is 0.497 e. The third-order valence-corrected chi connectivity index (χ3v) is 5.07. The van der Waals surface area contributed by atoms with E-state index in [0.717, 1.165) is 24.5 Å². The Morgan fingerprint density at radius 3 is 2.23 bits per heavy atom. The summed E-state index contributed by atoms with van der Waals surface area (Å²) in [6, 6.07) is 9.45. The number of thiophene rings is 1. The zero-order valence-electron chi connectivity index (χ0n) is 15.4. The average Bonchev–Trinajstić information content (AvgIpc) is 3.20. The Morgan fingerprint density at radius 1 is 1.12 bits per heavy atom. The topological polar surface area (TPSA) is 73.2 Å². The van der Waals surface area contributed by atoms with E-state index in [0.29, 0.717) is 23.4 Å². The maximum atomic E-state index is 12.5. The first-order valence-corrected chi connectivity index (χ1v) is 9.59. The number of rotatable bonds is 4. The molecule has 0 bridgehead atoms. The summed E-state index contributed by atoms with van der Waals surface area (Å²) >= 11 is 1.24. The molecular weight excluding hydrogens is 351 g/mol. The van der Waals surface area contributed by atoms with Crippen LogP contribution in [0, 0.1) is 0 Å².